The van der Waals surface area contributed by atoms with Crippen molar-refractivity contribution in [3.8, 4) is 0 Å². The Hall–Kier alpha value is -1.26. The summed E-state index contributed by atoms with van der Waals surface area (Å²) in [5.41, 5.74) is 0.403. The highest BCUT2D eigenvalue weighted by atomic mass is 35.5. The van der Waals surface area contributed by atoms with Gasteiger partial charge < -0.3 is 10.1 Å². The van der Waals surface area contributed by atoms with E-state index in [9.17, 15) is 9.59 Å². The quantitative estimate of drug-likeness (QED) is 0.822. The zero-order valence-electron chi connectivity index (χ0n) is 12.4. The summed E-state index contributed by atoms with van der Waals surface area (Å²) < 4.78 is 5.27. The van der Waals surface area contributed by atoms with Crippen LogP contribution in [0, 0.1) is 5.92 Å². The summed E-state index contributed by atoms with van der Waals surface area (Å²) in [6, 6.07) is 4.95. The Bertz CT molecular complexity index is 556. The second kappa shape index (κ2) is 7.84. The van der Waals surface area contributed by atoms with Crippen LogP contribution in [0.15, 0.2) is 18.2 Å². The third kappa shape index (κ3) is 4.37. The maximum Gasteiger partial charge on any atom is 0.309 e. The molecule has 6 heteroatoms. The molecule has 1 saturated carbocycles. The number of ether oxygens (including phenoxy) is 1. The summed E-state index contributed by atoms with van der Waals surface area (Å²) >= 11 is 11.9. The first-order valence-electron chi connectivity index (χ1n) is 7.44. The van der Waals surface area contributed by atoms with Crippen molar-refractivity contribution in [1.82, 2.24) is 0 Å². The van der Waals surface area contributed by atoms with Crippen LogP contribution in [0.4, 0.5) is 5.69 Å². The van der Waals surface area contributed by atoms with Crippen molar-refractivity contribution in [2.75, 3.05) is 5.32 Å². The van der Waals surface area contributed by atoms with E-state index < -0.39 is 12.0 Å². The molecule has 120 valence electrons. The largest absolute Gasteiger partial charge is 0.452 e. The van der Waals surface area contributed by atoms with E-state index in [4.69, 9.17) is 27.9 Å². The minimum atomic E-state index is -0.871. The number of anilines is 1. The van der Waals surface area contributed by atoms with Crippen LogP contribution in [0.25, 0.3) is 0 Å². The Morgan fingerprint density at radius 3 is 2.59 bits per heavy atom. The number of carbonyl (C=O) groups is 2. The van der Waals surface area contributed by atoms with Gasteiger partial charge in [-0.05, 0) is 31.9 Å². The molecule has 0 spiro atoms. The molecular weight excluding hydrogens is 325 g/mol. The Labute approximate surface area is 140 Å². The van der Waals surface area contributed by atoms with Gasteiger partial charge in [-0.2, -0.15) is 0 Å². The second-order valence-electron chi connectivity index (χ2n) is 5.50. The summed E-state index contributed by atoms with van der Waals surface area (Å²) in [6.45, 7) is 1.55. The molecule has 1 amide bonds. The summed E-state index contributed by atoms with van der Waals surface area (Å²) in [6.07, 6.45) is 4.05. The van der Waals surface area contributed by atoms with Gasteiger partial charge >= 0.3 is 5.97 Å². The van der Waals surface area contributed by atoms with Crippen LogP contribution in [-0.2, 0) is 14.3 Å². The van der Waals surface area contributed by atoms with Gasteiger partial charge in [0.15, 0.2) is 6.10 Å². The lowest BCUT2D eigenvalue weighted by Crippen LogP contribution is -2.33. The van der Waals surface area contributed by atoms with E-state index in [2.05, 4.69) is 5.32 Å². The lowest BCUT2D eigenvalue weighted by Gasteiger charge is -2.22. The van der Waals surface area contributed by atoms with Gasteiger partial charge in [0.2, 0.25) is 0 Å². The molecule has 1 aliphatic rings. The number of benzene rings is 1. The first kappa shape index (κ1) is 17.1. The first-order valence-corrected chi connectivity index (χ1v) is 8.20. The van der Waals surface area contributed by atoms with Crippen molar-refractivity contribution >= 4 is 40.8 Å². The van der Waals surface area contributed by atoms with E-state index in [-0.39, 0.29) is 16.9 Å². The van der Waals surface area contributed by atoms with Gasteiger partial charge in [0.1, 0.15) is 0 Å². The van der Waals surface area contributed by atoms with Gasteiger partial charge in [0.25, 0.3) is 5.91 Å². The van der Waals surface area contributed by atoms with E-state index in [0.29, 0.717) is 10.7 Å². The van der Waals surface area contributed by atoms with E-state index in [1.54, 1.807) is 25.1 Å². The van der Waals surface area contributed by atoms with Crippen molar-refractivity contribution < 1.29 is 14.3 Å². The molecule has 22 heavy (non-hydrogen) atoms. The molecule has 2 rings (SSSR count). The zero-order valence-corrected chi connectivity index (χ0v) is 13.9. The van der Waals surface area contributed by atoms with Gasteiger partial charge in [0.05, 0.1) is 21.7 Å². The predicted molar refractivity (Wildman–Crippen MR) is 87.2 cm³/mol. The minimum Gasteiger partial charge on any atom is -0.452 e. The number of hydrogen-bond donors (Lipinski definition) is 1. The summed E-state index contributed by atoms with van der Waals surface area (Å²) in [7, 11) is 0. The highest BCUT2D eigenvalue weighted by molar-refractivity contribution is 6.44. The molecule has 1 atom stereocenters. The van der Waals surface area contributed by atoms with Crippen molar-refractivity contribution in [3.05, 3.63) is 28.2 Å². The van der Waals surface area contributed by atoms with Crippen LogP contribution >= 0.6 is 23.2 Å². The van der Waals surface area contributed by atoms with Gasteiger partial charge in [-0.1, -0.05) is 48.5 Å². The number of halogens is 2. The molecular formula is C16H19Cl2NO3. The first-order chi connectivity index (χ1) is 10.5. The third-order valence-electron chi connectivity index (χ3n) is 3.81. The number of hydrogen-bond acceptors (Lipinski definition) is 3. The minimum absolute atomic E-state index is 0.0845. The van der Waals surface area contributed by atoms with E-state index in [0.717, 1.165) is 32.1 Å². The van der Waals surface area contributed by atoms with E-state index in [1.807, 2.05) is 0 Å². The molecule has 0 aromatic heterocycles. The number of carbonyl (C=O) groups excluding carboxylic acids is 2. The lowest BCUT2D eigenvalue weighted by molar-refractivity contribution is -0.158. The van der Waals surface area contributed by atoms with Crippen molar-refractivity contribution in [3.63, 3.8) is 0 Å². The SMILES string of the molecule is C[C@H](OC(=O)C1CCCCC1)C(=O)Nc1cccc(Cl)c1Cl. The van der Waals surface area contributed by atoms with Gasteiger partial charge in [-0.25, -0.2) is 0 Å². The van der Waals surface area contributed by atoms with Crippen molar-refractivity contribution in [2.24, 2.45) is 5.92 Å². The Morgan fingerprint density at radius 2 is 1.91 bits per heavy atom. The maximum absolute atomic E-state index is 12.1. The van der Waals surface area contributed by atoms with Crippen molar-refractivity contribution in [2.45, 2.75) is 45.1 Å². The summed E-state index contributed by atoms with van der Waals surface area (Å²) in [5.74, 6) is -0.799. The predicted octanol–water partition coefficient (Wildman–Crippen LogP) is 4.44. The monoisotopic (exact) mass is 343 g/mol. The van der Waals surface area contributed by atoms with Crippen LogP contribution in [0.3, 0.4) is 0 Å². The topological polar surface area (TPSA) is 55.4 Å². The fraction of sp³-hybridized carbons (Fsp3) is 0.500. The highest BCUT2D eigenvalue weighted by Crippen LogP contribution is 2.30. The number of nitrogens with one attached hydrogen (secondary N) is 1. The molecule has 1 aromatic carbocycles. The molecule has 0 aliphatic heterocycles. The smallest absolute Gasteiger partial charge is 0.309 e. The van der Waals surface area contributed by atoms with E-state index >= 15 is 0 Å². The number of rotatable bonds is 4. The molecule has 0 radical (unpaired) electrons. The fourth-order valence-electron chi connectivity index (χ4n) is 2.50. The van der Waals surface area contributed by atoms with Crippen LogP contribution < -0.4 is 5.32 Å². The van der Waals surface area contributed by atoms with Gasteiger partial charge in [0, 0.05) is 0 Å². The molecule has 0 heterocycles. The molecule has 1 N–H and O–H groups in total. The molecule has 1 fully saturated rings. The Morgan fingerprint density at radius 1 is 1.23 bits per heavy atom. The molecule has 4 nitrogen and oxygen atoms in total. The van der Waals surface area contributed by atoms with Crippen LogP contribution in [0.1, 0.15) is 39.0 Å². The summed E-state index contributed by atoms with van der Waals surface area (Å²) in [4.78, 5) is 24.1. The third-order valence-corrected chi connectivity index (χ3v) is 4.63. The van der Waals surface area contributed by atoms with E-state index in [1.165, 1.54) is 0 Å². The van der Waals surface area contributed by atoms with Crippen molar-refractivity contribution in [1.29, 1.82) is 0 Å². The standard InChI is InChI=1S/C16H19Cl2NO3/c1-10(22-16(21)11-6-3-2-4-7-11)15(20)19-13-9-5-8-12(17)14(13)18/h5,8-11H,2-4,6-7H2,1H3,(H,19,20)/t10-/m0/s1. The molecule has 0 saturated heterocycles. The van der Waals surface area contributed by atoms with Crippen LogP contribution in [0.2, 0.25) is 10.0 Å². The Balaban J connectivity index is 1.91. The van der Waals surface area contributed by atoms with Gasteiger partial charge in [-0.15, -0.1) is 0 Å². The second-order valence-corrected chi connectivity index (χ2v) is 6.29. The maximum atomic E-state index is 12.1. The van der Waals surface area contributed by atoms with Crippen LogP contribution in [0.5, 0.6) is 0 Å². The zero-order chi connectivity index (χ0) is 16.1. The highest BCUT2D eigenvalue weighted by Gasteiger charge is 2.26. The lowest BCUT2D eigenvalue weighted by atomic mass is 9.89. The normalized spacial score (nSPS) is 16.9. The number of esters is 1. The molecule has 1 aliphatic carbocycles. The molecule has 0 bridgehead atoms. The Kier molecular flexibility index (Phi) is 6.09. The molecule has 1 aromatic rings. The average molecular weight is 344 g/mol. The number of amides is 1. The van der Waals surface area contributed by atoms with Gasteiger partial charge in [-0.3, -0.25) is 9.59 Å². The molecule has 0 unspecified atom stereocenters. The summed E-state index contributed by atoms with van der Waals surface area (Å²) in [5, 5.41) is 3.25. The fourth-order valence-corrected chi connectivity index (χ4v) is 2.84. The van der Waals surface area contributed by atoms with Crippen LogP contribution in [-0.4, -0.2) is 18.0 Å². The average Bonchev–Trinajstić information content (AvgIpc) is 2.52.